The second-order valence-electron chi connectivity index (χ2n) is 7.02. The van der Waals surface area contributed by atoms with E-state index in [1.807, 2.05) is 50.2 Å². The largest absolute Gasteiger partial charge is 0.465 e. The van der Waals surface area contributed by atoms with Gasteiger partial charge in [-0.3, -0.25) is 4.79 Å². The molecule has 4 aromatic rings. The summed E-state index contributed by atoms with van der Waals surface area (Å²) in [7, 11) is 0. The lowest BCUT2D eigenvalue weighted by molar-refractivity contribution is 0.102. The Labute approximate surface area is 161 Å². The van der Waals surface area contributed by atoms with Gasteiger partial charge in [-0.2, -0.15) is 5.10 Å². The third-order valence-electron chi connectivity index (χ3n) is 4.97. The van der Waals surface area contributed by atoms with E-state index in [-0.39, 0.29) is 5.91 Å². The summed E-state index contributed by atoms with van der Waals surface area (Å²) in [5.74, 6) is 0.658. The highest BCUT2D eigenvalue weighted by Gasteiger charge is 2.19. The van der Waals surface area contributed by atoms with Crippen LogP contribution in [0, 0.1) is 13.8 Å². The lowest BCUT2D eigenvalue weighted by atomic mass is 10.1. The fourth-order valence-electron chi connectivity index (χ4n) is 3.66. The molecule has 0 saturated heterocycles. The number of aryl methyl sites for hydroxylation is 2. The third-order valence-corrected chi connectivity index (χ3v) is 4.97. The minimum atomic E-state index is -0.222. The molecule has 0 fully saturated rings. The highest BCUT2D eigenvalue weighted by atomic mass is 16.3. The number of furan rings is 1. The van der Waals surface area contributed by atoms with Crippen molar-refractivity contribution in [3.8, 4) is 0 Å². The first kappa shape index (κ1) is 16.5. The van der Waals surface area contributed by atoms with Gasteiger partial charge in [0.25, 0.3) is 5.91 Å². The second-order valence-corrected chi connectivity index (χ2v) is 7.02. The molecule has 1 aliphatic rings. The van der Waals surface area contributed by atoms with Crippen LogP contribution in [-0.2, 0) is 6.42 Å². The Morgan fingerprint density at radius 1 is 1.21 bits per heavy atom. The van der Waals surface area contributed by atoms with Crippen molar-refractivity contribution in [3.05, 3.63) is 82.7 Å². The standard InChI is InChI=1S/C22H18N4O2/c1-13-8-14(2)26-21(24-13)19(12-23-26)22(27)25-18-6-5-15-9-17(10-16(15)11-18)20-4-3-7-28-20/h3-8,10-12H,9H2,1-2H3,(H,25,27). The Morgan fingerprint density at radius 2 is 2.11 bits per heavy atom. The fourth-order valence-corrected chi connectivity index (χ4v) is 3.66. The molecule has 138 valence electrons. The van der Waals surface area contributed by atoms with Gasteiger partial charge in [0.15, 0.2) is 5.65 Å². The van der Waals surface area contributed by atoms with E-state index in [1.165, 1.54) is 5.56 Å². The predicted molar refractivity (Wildman–Crippen MR) is 107 cm³/mol. The van der Waals surface area contributed by atoms with Gasteiger partial charge in [-0.15, -0.1) is 0 Å². The highest BCUT2D eigenvalue weighted by Crippen LogP contribution is 2.33. The van der Waals surface area contributed by atoms with E-state index in [0.717, 1.165) is 40.4 Å². The molecule has 1 aromatic carbocycles. The predicted octanol–water partition coefficient (Wildman–Crippen LogP) is 4.29. The highest BCUT2D eigenvalue weighted by molar-refractivity contribution is 6.08. The molecule has 1 N–H and O–H groups in total. The summed E-state index contributed by atoms with van der Waals surface area (Å²) in [6.45, 7) is 3.85. The van der Waals surface area contributed by atoms with Crippen LogP contribution < -0.4 is 5.32 Å². The topological polar surface area (TPSA) is 72.4 Å². The molecule has 0 unspecified atom stereocenters. The Bertz CT molecular complexity index is 1250. The average Bonchev–Trinajstić information content (AvgIpc) is 3.39. The van der Waals surface area contributed by atoms with Gasteiger partial charge in [0.1, 0.15) is 11.3 Å². The minimum absolute atomic E-state index is 0.222. The van der Waals surface area contributed by atoms with Crippen LogP contribution in [0.5, 0.6) is 0 Å². The van der Waals surface area contributed by atoms with Crippen LogP contribution in [0.15, 0.2) is 53.3 Å². The number of nitrogens with zero attached hydrogens (tertiary/aromatic N) is 3. The molecule has 3 heterocycles. The first-order chi connectivity index (χ1) is 13.6. The van der Waals surface area contributed by atoms with Crippen molar-refractivity contribution in [1.29, 1.82) is 0 Å². The van der Waals surface area contributed by atoms with Crippen molar-refractivity contribution in [2.45, 2.75) is 20.3 Å². The first-order valence-corrected chi connectivity index (χ1v) is 9.09. The van der Waals surface area contributed by atoms with Crippen molar-refractivity contribution < 1.29 is 9.21 Å². The number of nitrogens with one attached hydrogen (secondary N) is 1. The van der Waals surface area contributed by atoms with E-state index in [9.17, 15) is 4.79 Å². The quantitative estimate of drug-likeness (QED) is 0.584. The Kier molecular flexibility index (Phi) is 3.65. The number of rotatable bonds is 3. The number of anilines is 1. The molecule has 0 spiro atoms. The van der Waals surface area contributed by atoms with Gasteiger partial charge in [-0.25, -0.2) is 9.50 Å². The van der Waals surface area contributed by atoms with Crippen molar-refractivity contribution in [3.63, 3.8) is 0 Å². The summed E-state index contributed by atoms with van der Waals surface area (Å²) in [6, 6.07) is 11.7. The van der Waals surface area contributed by atoms with Crippen molar-refractivity contribution >= 4 is 28.9 Å². The van der Waals surface area contributed by atoms with Gasteiger partial charge in [0.2, 0.25) is 0 Å². The Hall–Kier alpha value is -3.67. The van der Waals surface area contributed by atoms with Gasteiger partial charge in [-0.1, -0.05) is 6.07 Å². The van der Waals surface area contributed by atoms with Crippen LogP contribution >= 0.6 is 0 Å². The Morgan fingerprint density at radius 3 is 2.93 bits per heavy atom. The number of aromatic nitrogens is 3. The van der Waals surface area contributed by atoms with E-state index >= 15 is 0 Å². The molecule has 3 aromatic heterocycles. The molecular weight excluding hydrogens is 352 g/mol. The van der Waals surface area contributed by atoms with E-state index in [4.69, 9.17) is 4.42 Å². The molecule has 5 rings (SSSR count). The number of hydrogen-bond acceptors (Lipinski definition) is 4. The van der Waals surface area contributed by atoms with Crippen molar-refractivity contribution in [2.75, 3.05) is 5.32 Å². The molecule has 0 bridgehead atoms. The molecule has 1 aliphatic carbocycles. The number of allylic oxidation sites excluding steroid dienone is 1. The molecule has 1 amide bonds. The van der Waals surface area contributed by atoms with Gasteiger partial charge in [-0.05, 0) is 67.0 Å². The summed E-state index contributed by atoms with van der Waals surface area (Å²) in [5.41, 5.74) is 7.01. The summed E-state index contributed by atoms with van der Waals surface area (Å²) in [4.78, 5) is 17.3. The van der Waals surface area contributed by atoms with E-state index in [0.29, 0.717) is 11.2 Å². The maximum Gasteiger partial charge on any atom is 0.261 e. The lowest BCUT2D eigenvalue weighted by Gasteiger charge is -2.07. The van der Waals surface area contributed by atoms with Crippen LogP contribution in [0.3, 0.4) is 0 Å². The lowest BCUT2D eigenvalue weighted by Crippen LogP contribution is -2.12. The summed E-state index contributed by atoms with van der Waals surface area (Å²) < 4.78 is 7.18. The van der Waals surface area contributed by atoms with Crippen LogP contribution in [0.4, 0.5) is 5.69 Å². The molecule has 0 atom stereocenters. The SMILES string of the molecule is Cc1cc(C)n2ncc(C(=O)Nc3ccc4c(c3)C=C(c3ccco3)C4)c2n1. The zero-order valence-electron chi connectivity index (χ0n) is 15.6. The molecule has 6 nitrogen and oxygen atoms in total. The third kappa shape index (κ3) is 2.70. The molecule has 0 aliphatic heterocycles. The van der Waals surface area contributed by atoms with Crippen molar-refractivity contribution in [2.24, 2.45) is 0 Å². The monoisotopic (exact) mass is 370 g/mol. The molecule has 0 saturated carbocycles. The molecular formula is C22H18N4O2. The van der Waals surface area contributed by atoms with Crippen LogP contribution in [0.2, 0.25) is 0 Å². The number of carbonyl (C=O) groups is 1. The van der Waals surface area contributed by atoms with Gasteiger partial charge in [0, 0.05) is 23.5 Å². The average molecular weight is 370 g/mol. The number of fused-ring (bicyclic) bond motifs is 2. The minimum Gasteiger partial charge on any atom is -0.465 e. The zero-order valence-corrected chi connectivity index (χ0v) is 15.6. The van der Waals surface area contributed by atoms with Crippen LogP contribution in [0.1, 0.15) is 38.6 Å². The summed E-state index contributed by atoms with van der Waals surface area (Å²) in [5, 5.41) is 7.26. The van der Waals surface area contributed by atoms with E-state index < -0.39 is 0 Å². The van der Waals surface area contributed by atoms with Gasteiger partial charge in [0.05, 0.1) is 12.5 Å². The van der Waals surface area contributed by atoms with Crippen molar-refractivity contribution in [1.82, 2.24) is 14.6 Å². The molecule has 6 heteroatoms. The molecule has 0 radical (unpaired) electrons. The number of hydrogen-bond donors (Lipinski definition) is 1. The summed E-state index contributed by atoms with van der Waals surface area (Å²) in [6.07, 6.45) is 6.17. The smallest absolute Gasteiger partial charge is 0.261 e. The Balaban J connectivity index is 1.43. The number of carbonyl (C=O) groups excluding carboxylic acids is 1. The van der Waals surface area contributed by atoms with E-state index in [2.05, 4.69) is 21.5 Å². The molecule has 28 heavy (non-hydrogen) atoms. The first-order valence-electron chi connectivity index (χ1n) is 9.09. The van der Waals surface area contributed by atoms with Gasteiger partial charge >= 0.3 is 0 Å². The van der Waals surface area contributed by atoms with Crippen LogP contribution in [0.25, 0.3) is 17.3 Å². The van der Waals surface area contributed by atoms with Crippen LogP contribution in [-0.4, -0.2) is 20.5 Å². The fraction of sp³-hybridized carbons (Fsp3) is 0.136. The zero-order chi connectivity index (χ0) is 19.3. The number of amides is 1. The summed E-state index contributed by atoms with van der Waals surface area (Å²) >= 11 is 0. The van der Waals surface area contributed by atoms with Gasteiger partial charge < -0.3 is 9.73 Å². The normalized spacial score (nSPS) is 12.9. The second kappa shape index (κ2) is 6.20. The maximum atomic E-state index is 12.8. The maximum absolute atomic E-state index is 12.8. The number of benzene rings is 1. The van der Waals surface area contributed by atoms with E-state index in [1.54, 1.807) is 17.0 Å².